The van der Waals surface area contributed by atoms with Crippen LogP contribution in [0.15, 0.2) is 18.2 Å². The van der Waals surface area contributed by atoms with E-state index in [2.05, 4.69) is 10.0 Å². The van der Waals surface area contributed by atoms with Crippen molar-refractivity contribution in [2.24, 2.45) is 5.92 Å². The fraction of sp³-hybridized carbons (Fsp3) is 0.588. The molecule has 9 heteroatoms. The van der Waals surface area contributed by atoms with Crippen molar-refractivity contribution in [1.82, 2.24) is 10.2 Å². The maximum Gasteiger partial charge on any atom is 0.258 e. The number of rotatable bonds is 6. The van der Waals surface area contributed by atoms with Gasteiger partial charge in [-0.25, -0.2) is 8.42 Å². The Morgan fingerprint density at radius 2 is 2.12 bits per heavy atom. The fourth-order valence-corrected chi connectivity index (χ4v) is 3.50. The lowest BCUT2D eigenvalue weighted by Crippen LogP contribution is -2.49. The lowest BCUT2D eigenvalue weighted by Gasteiger charge is -2.37. The normalized spacial score (nSPS) is 22.0. The second-order valence-corrected chi connectivity index (χ2v) is 8.51. The van der Waals surface area contributed by atoms with E-state index in [1.165, 1.54) is 6.07 Å². The van der Waals surface area contributed by atoms with E-state index in [4.69, 9.17) is 4.74 Å². The van der Waals surface area contributed by atoms with E-state index in [1.807, 2.05) is 14.0 Å². The van der Waals surface area contributed by atoms with Gasteiger partial charge < -0.3 is 20.1 Å². The highest BCUT2D eigenvalue weighted by molar-refractivity contribution is 7.92. The Bertz CT molecular complexity index is 753. The van der Waals surface area contributed by atoms with Gasteiger partial charge in [0.25, 0.3) is 5.91 Å². The van der Waals surface area contributed by atoms with Crippen LogP contribution in [0.5, 0.6) is 5.75 Å². The summed E-state index contributed by atoms with van der Waals surface area (Å²) in [4.78, 5) is 14.7. The van der Waals surface area contributed by atoms with Crippen LogP contribution in [0.4, 0.5) is 5.69 Å². The van der Waals surface area contributed by atoms with Crippen molar-refractivity contribution in [3.8, 4) is 5.75 Å². The van der Waals surface area contributed by atoms with Gasteiger partial charge in [-0.2, -0.15) is 0 Å². The quantitative estimate of drug-likeness (QED) is 0.658. The molecule has 0 radical (unpaired) electrons. The highest BCUT2D eigenvalue weighted by Gasteiger charge is 2.32. The number of ether oxygens (including phenoxy) is 1. The number of sulfonamides is 1. The number of likely N-dealkylation sites (N-methyl/N-ethyl adjacent to an activating group) is 1. The Hall–Kier alpha value is -1.84. The number of hydrogen-bond donors (Lipinski definition) is 3. The van der Waals surface area contributed by atoms with E-state index in [9.17, 15) is 18.3 Å². The molecule has 146 valence electrons. The number of nitrogens with zero attached hydrogens (tertiary/aromatic N) is 1. The van der Waals surface area contributed by atoms with Crippen molar-refractivity contribution in [2.75, 3.05) is 37.7 Å². The summed E-state index contributed by atoms with van der Waals surface area (Å²) in [7, 11) is -1.64. The lowest BCUT2D eigenvalue weighted by molar-refractivity contribution is 0.0416. The van der Waals surface area contributed by atoms with E-state index >= 15 is 0 Å². The van der Waals surface area contributed by atoms with Crippen LogP contribution in [0.3, 0.4) is 0 Å². The van der Waals surface area contributed by atoms with Crippen LogP contribution < -0.4 is 14.8 Å². The number of amides is 1. The predicted octanol–water partition coefficient (Wildman–Crippen LogP) is 0.498. The van der Waals surface area contributed by atoms with E-state index in [-0.39, 0.29) is 36.1 Å². The number of aliphatic hydroxyl groups excluding tert-OH is 1. The minimum Gasteiger partial charge on any atom is -0.488 e. The van der Waals surface area contributed by atoms with Crippen LogP contribution >= 0.6 is 0 Å². The molecular formula is C17H27N3O5S. The number of fused-ring (bicyclic) bond motifs is 1. The summed E-state index contributed by atoms with van der Waals surface area (Å²) in [5.41, 5.74) is 0.561. The zero-order valence-corrected chi connectivity index (χ0v) is 16.3. The van der Waals surface area contributed by atoms with Gasteiger partial charge in [0.05, 0.1) is 24.5 Å². The van der Waals surface area contributed by atoms with Gasteiger partial charge >= 0.3 is 0 Å². The smallest absolute Gasteiger partial charge is 0.258 e. The van der Waals surface area contributed by atoms with Crippen LogP contribution in [-0.2, 0) is 10.0 Å². The van der Waals surface area contributed by atoms with Crippen LogP contribution in [-0.4, -0.2) is 69.5 Å². The monoisotopic (exact) mass is 385 g/mol. The van der Waals surface area contributed by atoms with E-state index in [0.29, 0.717) is 24.5 Å². The summed E-state index contributed by atoms with van der Waals surface area (Å²) in [5, 5.41) is 12.6. The molecule has 1 aromatic rings. The largest absolute Gasteiger partial charge is 0.488 e. The van der Waals surface area contributed by atoms with E-state index in [1.54, 1.807) is 24.0 Å². The third kappa shape index (κ3) is 4.87. The maximum atomic E-state index is 13.1. The Labute approximate surface area is 154 Å². The minimum atomic E-state index is -3.47. The van der Waals surface area contributed by atoms with Crippen molar-refractivity contribution in [1.29, 1.82) is 0 Å². The van der Waals surface area contributed by atoms with Crippen LogP contribution in [0, 0.1) is 5.92 Å². The zero-order valence-electron chi connectivity index (χ0n) is 15.5. The second-order valence-electron chi connectivity index (χ2n) is 6.77. The van der Waals surface area contributed by atoms with Crippen molar-refractivity contribution in [2.45, 2.75) is 26.0 Å². The summed E-state index contributed by atoms with van der Waals surface area (Å²) in [6.45, 7) is 4.64. The molecule has 8 nitrogen and oxygen atoms in total. The summed E-state index contributed by atoms with van der Waals surface area (Å²) >= 11 is 0. The number of benzene rings is 1. The lowest BCUT2D eigenvalue weighted by atomic mass is 9.99. The van der Waals surface area contributed by atoms with Crippen LogP contribution in [0.1, 0.15) is 24.2 Å². The Morgan fingerprint density at radius 1 is 1.42 bits per heavy atom. The molecule has 0 saturated heterocycles. The third-order valence-electron chi connectivity index (χ3n) is 4.37. The van der Waals surface area contributed by atoms with Crippen LogP contribution in [0.25, 0.3) is 0 Å². The highest BCUT2D eigenvalue weighted by atomic mass is 32.2. The minimum absolute atomic E-state index is 0.0439. The summed E-state index contributed by atoms with van der Waals surface area (Å²) in [6.07, 6.45) is 0.876. The first kappa shape index (κ1) is 20.5. The SMILES string of the molecule is CNC[C@H]1Oc2ccc(NS(C)(=O)=O)cc2C(=O)N([C@H](C)CO)C[C@H]1C. The average molecular weight is 385 g/mol. The topological polar surface area (TPSA) is 108 Å². The van der Waals surface area contributed by atoms with E-state index < -0.39 is 10.0 Å². The van der Waals surface area contributed by atoms with Gasteiger partial charge in [-0.15, -0.1) is 0 Å². The third-order valence-corrected chi connectivity index (χ3v) is 4.98. The molecule has 1 aliphatic heterocycles. The van der Waals surface area contributed by atoms with Crippen molar-refractivity contribution >= 4 is 21.6 Å². The van der Waals surface area contributed by atoms with Crippen LogP contribution in [0.2, 0.25) is 0 Å². The molecule has 26 heavy (non-hydrogen) atoms. The molecule has 1 aliphatic rings. The number of anilines is 1. The molecule has 1 amide bonds. The van der Waals surface area contributed by atoms with Gasteiger partial charge in [0.2, 0.25) is 10.0 Å². The molecular weight excluding hydrogens is 358 g/mol. The standard InChI is InChI=1S/C17H27N3O5S/c1-11-9-20(12(2)10-21)17(22)14-7-13(19-26(4,23)24)5-6-15(14)25-16(11)8-18-3/h5-7,11-12,16,18-19,21H,8-10H2,1-4H3/t11-,12-,16-/m1/s1. The predicted molar refractivity (Wildman–Crippen MR) is 100.0 cm³/mol. The second kappa shape index (κ2) is 8.24. The molecule has 2 rings (SSSR count). The van der Waals surface area contributed by atoms with Crippen molar-refractivity contribution in [3.05, 3.63) is 23.8 Å². The molecule has 0 fully saturated rings. The summed E-state index contributed by atoms with van der Waals surface area (Å²) in [5.74, 6) is 0.145. The Kier molecular flexibility index (Phi) is 6.48. The molecule has 0 bridgehead atoms. The molecule has 3 atom stereocenters. The molecule has 1 heterocycles. The molecule has 0 saturated carbocycles. The van der Waals surface area contributed by atoms with Gasteiger partial charge in [0.1, 0.15) is 11.9 Å². The number of carbonyl (C=O) groups is 1. The number of hydrogen-bond acceptors (Lipinski definition) is 6. The Balaban J connectivity index is 2.50. The maximum absolute atomic E-state index is 13.1. The van der Waals surface area contributed by atoms with Gasteiger partial charge in [0, 0.05) is 24.7 Å². The summed E-state index contributed by atoms with van der Waals surface area (Å²) in [6, 6.07) is 4.28. The van der Waals surface area contributed by atoms with Gasteiger partial charge in [-0.1, -0.05) is 6.92 Å². The van der Waals surface area contributed by atoms with Gasteiger partial charge in [-0.05, 0) is 32.2 Å². The number of nitrogens with one attached hydrogen (secondary N) is 2. The molecule has 3 N–H and O–H groups in total. The highest BCUT2D eigenvalue weighted by Crippen LogP contribution is 2.30. The fourth-order valence-electron chi connectivity index (χ4n) is 2.94. The first-order valence-corrected chi connectivity index (χ1v) is 10.4. The average Bonchev–Trinajstić information content (AvgIpc) is 2.56. The zero-order chi connectivity index (χ0) is 19.5. The van der Waals surface area contributed by atoms with E-state index in [0.717, 1.165) is 6.26 Å². The Morgan fingerprint density at radius 3 is 2.69 bits per heavy atom. The summed E-state index contributed by atoms with van der Waals surface area (Å²) < 4.78 is 31.4. The molecule has 1 aromatic carbocycles. The first-order valence-electron chi connectivity index (χ1n) is 8.51. The number of aliphatic hydroxyl groups is 1. The van der Waals surface area contributed by atoms with Crippen molar-refractivity contribution < 1.29 is 23.1 Å². The van der Waals surface area contributed by atoms with Gasteiger partial charge in [0.15, 0.2) is 0 Å². The number of carbonyl (C=O) groups excluding carboxylic acids is 1. The molecule has 0 aliphatic carbocycles. The first-order chi connectivity index (χ1) is 12.2. The van der Waals surface area contributed by atoms with Crippen molar-refractivity contribution in [3.63, 3.8) is 0 Å². The molecule has 0 unspecified atom stereocenters. The molecule has 0 spiro atoms. The van der Waals surface area contributed by atoms with Gasteiger partial charge in [-0.3, -0.25) is 9.52 Å². The molecule has 0 aromatic heterocycles.